The lowest BCUT2D eigenvalue weighted by molar-refractivity contribution is 0.446. The van der Waals surface area contributed by atoms with Crippen molar-refractivity contribution in [2.45, 2.75) is 37.1 Å². The van der Waals surface area contributed by atoms with E-state index in [1.807, 2.05) is 12.1 Å². The van der Waals surface area contributed by atoms with Gasteiger partial charge in [-0.1, -0.05) is 190 Å². The fourth-order valence-corrected chi connectivity index (χ4v) is 13.0. The summed E-state index contributed by atoms with van der Waals surface area (Å²) >= 11 is 0. The molecule has 1 spiro atoms. The van der Waals surface area contributed by atoms with Crippen molar-refractivity contribution in [1.29, 1.82) is 0 Å². The first-order chi connectivity index (χ1) is 34.0. The third-order valence-corrected chi connectivity index (χ3v) is 16.1. The molecule has 0 saturated heterocycles. The van der Waals surface area contributed by atoms with Crippen molar-refractivity contribution >= 4 is 60.4 Å². The summed E-state index contributed by atoms with van der Waals surface area (Å²) in [6.07, 6.45) is 5.72. The van der Waals surface area contributed by atoms with Gasteiger partial charge in [0.05, 0.1) is 11.5 Å². The van der Waals surface area contributed by atoms with Crippen LogP contribution < -0.4 is 9.64 Å². The summed E-state index contributed by atoms with van der Waals surface area (Å²) < 4.78 is 13.7. The molecule has 69 heavy (non-hydrogen) atoms. The van der Waals surface area contributed by atoms with Crippen LogP contribution in [0.25, 0.3) is 71.3 Å². The number of fused-ring (bicyclic) bond motifs is 18. The molecule has 1 aliphatic heterocycles. The number of rotatable bonds is 4. The zero-order chi connectivity index (χ0) is 45.6. The maximum absolute atomic E-state index is 7.31. The SMILES string of the molecule is CC1(C)c2ccccc2-c2ccc(N(c3ccc(-c4ccc5c(c4)oc4ccccc45)cc3)C3CC=CC4=C3c3ccccc3C43c4ccc5ccccc5c4Oc4c3ccc3ccccc43)cc21. The van der Waals surface area contributed by atoms with Gasteiger partial charge in [-0.3, -0.25) is 0 Å². The first-order valence-electron chi connectivity index (χ1n) is 24.3. The number of furan rings is 1. The van der Waals surface area contributed by atoms with Crippen molar-refractivity contribution in [3.05, 3.63) is 257 Å². The molecule has 15 rings (SSSR count). The van der Waals surface area contributed by atoms with E-state index < -0.39 is 5.41 Å². The van der Waals surface area contributed by atoms with E-state index in [0.29, 0.717) is 0 Å². The Morgan fingerprint density at radius 2 is 1.04 bits per heavy atom. The Balaban J connectivity index is 0.964. The van der Waals surface area contributed by atoms with Gasteiger partial charge in [-0.05, 0) is 115 Å². The molecule has 4 aliphatic rings. The Kier molecular flexibility index (Phi) is 7.89. The Morgan fingerprint density at radius 1 is 0.449 bits per heavy atom. The summed E-state index contributed by atoms with van der Waals surface area (Å²) in [7, 11) is 0. The molecule has 0 saturated carbocycles. The molecule has 3 heteroatoms. The van der Waals surface area contributed by atoms with Gasteiger partial charge in [0, 0.05) is 49.5 Å². The summed E-state index contributed by atoms with van der Waals surface area (Å²) in [5, 5.41) is 6.87. The summed E-state index contributed by atoms with van der Waals surface area (Å²) in [4.78, 5) is 2.64. The maximum atomic E-state index is 7.31. The molecule has 0 radical (unpaired) electrons. The number of nitrogens with zero attached hydrogens (tertiary/aromatic N) is 1. The van der Waals surface area contributed by atoms with Crippen molar-refractivity contribution in [3.63, 3.8) is 0 Å². The highest BCUT2D eigenvalue weighted by Gasteiger charge is 2.54. The number of hydrogen-bond donors (Lipinski definition) is 0. The topological polar surface area (TPSA) is 25.6 Å². The summed E-state index contributed by atoms with van der Waals surface area (Å²) in [5.74, 6) is 1.87. The Hall–Kier alpha value is -8.40. The minimum absolute atomic E-state index is 0.0381. The Labute approximate surface area is 400 Å². The van der Waals surface area contributed by atoms with E-state index in [9.17, 15) is 0 Å². The fourth-order valence-electron chi connectivity index (χ4n) is 13.0. The minimum Gasteiger partial charge on any atom is -0.456 e. The average molecular weight is 884 g/mol. The van der Waals surface area contributed by atoms with Crippen molar-refractivity contribution < 1.29 is 9.15 Å². The second-order valence-corrected chi connectivity index (χ2v) is 19.8. The number of para-hydroxylation sites is 1. The van der Waals surface area contributed by atoms with Crippen LogP contribution in [0.3, 0.4) is 0 Å². The van der Waals surface area contributed by atoms with Crippen molar-refractivity contribution in [1.82, 2.24) is 0 Å². The number of allylic oxidation sites excluding steroid dienone is 2. The molecular formula is C66H45NO2. The molecule has 3 nitrogen and oxygen atoms in total. The molecular weight excluding hydrogens is 839 g/mol. The van der Waals surface area contributed by atoms with Gasteiger partial charge >= 0.3 is 0 Å². The lowest BCUT2D eigenvalue weighted by Crippen LogP contribution is -2.36. The number of benzene rings is 10. The van der Waals surface area contributed by atoms with Crippen LogP contribution in [0.5, 0.6) is 11.5 Å². The molecule has 1 unspecified atom stereocenters. The Morgan fingerprint density at radius 3 is 1.80 bits per heavy atom. The van der Waals surface area contributed by atoms with E-state index in [-0.39, 0.29) is 11.5 Å². The van der Waals surface area contributed by atoms with Crippen LogP contribution in [-0.4, -0.2) is 6.04 Å². The molecule has 0 amide bonds. The first kappa shape index (κ1) is 38.7. The summed E-state index contributed by atoms with van der Waals surface area (Å²) in [6.45, 7) is 4.77. The predicted molar refractivity (Wildman–Crippen MR) is 284 cm³/mol. The van der Waals surface area contributed by atoms with Gasteiger partial charge in [0.25, 0.3) is 0 Å². The second-order valence-electron chi connectivity index (χ2n) is 19.8. The van der Waals surface area contributed by atoms with Crippen LogP contribution >= 0.6 is 0 Å². The van der Waals surface area contributed by atoms with Crippen molar-refractivity contribution in [2.75, 3.05) is 4.90 Å². The molecule has 3 aliphatic carbocycles. The van der Waals surface area contributed by atoms with E-state index in [4.69, 9.17) is 9.15 Å². The van der Waals surface area contributed by atoms with Gasteiger partial charge in [0.15, 0.2) is 0 Å². The third-order valence-electron chi connectivity index (χ3n) is 16.1. The average Bonchev–Trinajstić information content (AvgIpc) is 4.00. The van der Waals surface area contributed by atoms with Gasteiger partial charge in [-0.2, -0.15) is 0 Å². The van der Waals surface area contributed by atoms with Gasteiger partial charge in [0.2, 0.25) is 0 Å². The third kappa shape index (κ3) is 5.22. The number of ether oxygens (including phenoxy) is 1. The van der Waals surface area contributed by atoms with Crippen LogP contribution in [0.2, 0.25) is 0 Å². The van der Waals surface area contributed by atoms with E-state index in [1.165, 1.54) is 72.1 Å². The van der Waals surface area contributed by atoms with Gasteiger partial charge in [0.1, 0.15) is 22.7 Å². The lowest BCUT2D eigenvalue weighted by Gasteiger charge is -2.42. The molecule has 2 heterocycles. The van der Waals surface area contributed by atoms with Gasteiger partial charge in [-0.25, -0.2) is 0 Å². The molecule has 1 aromatic heterocycles. The standard InChI is InChI=1S/C66H45NO2/c1-65(2)53-21-10-7-18-48(53)49-35-33-45(39-58(49)65)67(44-31-26-40(27-32-44)43-28-34-51-50-19-9-12-25-60(50)68-61(51)38-43)59-24-13-23-55-62(59)52-20-8-11-22-54(52)66(55)56-36-29-41-14-3-5-16-46(41)63(56)69-64-47-17-6-4-15-42(47)30-37-57(64)66/h3-23,25-39,59H,24H2,1-2H3. The zero-order valence-corrected chi connectivity index (χ0v) is 38.3. The minimum atomic E-state index is -0.634. The van der Waals surface area contributed by atoms with Crippen LogP contribution in [0, 0.1) is 0 Å². The molecule has 326 valence electrons. The van der Waals surface area contributed by atoms with E-state index >= 15 is 0 Å². The zero-order valence-electron chi connectivity index (χ0n) is 38.3. The molecule has 1 atom stereocenters. The van der Waals surface area contributed by atoms with E-state index in [2.05, 4.69) is 225 Å². The monoisotopic (exact) mass is 883 g/mol. The highest BCUT2D eigenvalue weighted by atomic mass is 16.5. The molecule has 11 aromatic rings. The van der Waals surface area contributed by atoms with E-state index in [1.54, 1.807) is 0 Å². The number of anilines is 2. The fraction of sp³-hybridized carbons (Fsp3) is 0.0909. The highest BCUT2D eigenvalue weighted by Crippen LogP contribution is 2.65. The van der Waals surface area contributed by atoms with E-state index in [0.717, 1.165) is 67.4 Å². The smallest absolute Gasteiger partial charge is 0.140 e. The highest BCUT2D eigenvalue weighted by molar-refractivity contribution is 6.06. The van der Waals surface area contributed by atoms with Crippen LogP contribution in [-0.2, 0) is 10.8 Å². The molecule has 0 fully saturated rings. The summed E-state index contributed by atoms with van der Waals surface area (Å²) in [5.41, 5.74) is 18.6. The van der Waals surface area contributed by atoms with Gasteiger partial charge < -0.3 is 14.1 Å². The summed E-state index contributed by atoms with van der Waals surface area (Å²) in [6, 6.07) is 76.2. The van der Waals surface area contributed by atoms with Crippen LogP contribution in [0.15, 0.2) is 228 Å². The first-order valence-corrected chi connectivity index (χ1v) is 24.3. The lowest BCUT2D eigenvalue weighted by atomic mass is 9.64. The second kappa shape index (κ2) is 14.1. The molecule has 0 N–H and O–H groups in total. The number of hydrogen-bond acceptors (Lipinski definition) is 3. The predicted octanol–water partition coefficient (Wildman–Crippen LogP) is 17.2. The van der Waals surface area contributed by atoms with Crippen molar-refractivity contribution in [2.24, 2.45) is 0 Å². The molecule has 10 aromatic carbocycles. The van der Waals surface area contributed by atoms with Crippen LogP contribution in [0.4, 0.5) is 11.4 Å². The van der Waals surface area contributed by atoms with Gasteiger partial charge in [-0.15, -0.1) is 0 Å². The normalized spacial score (nSPS) is 16.6. The quantitative estimate of drug-likeness (QED) is 0.176. The molecule has 0 bridgehead atoms. The largest absolute Gasteiger partial charge is 0.456 e. The maximum Gasteiger partial charge on any atom is 0.140 e. The Bertz CT molecular complexity index is 3980. The van der Waals surface area contributed by atoms with Crippen LogP contribution in [0.1, 0.15) is 53.6 Å². The van der Waals surface area contributed by atoms with Crippen molar-refractivity contribution in [3.8, 4) is 33.8 Å².